The molecule has 0 aromatic carbocycles. The van der Waals surface area contributed by atoms with Gasteiger partial charge in [-0.3, -0.25) is 4.79 Å². The zero-order valence-corrected chi connectivity index (χ0v) is 9.50. The number of hydrogen-bond donors (Lipinski definition) is 1. The van der Waals surface area contributed by atoms with Gasteiger partial charge in [0.25, 0.3) is 0 Å². The fraction of sp³-hybridized carbons (Fsp3) is 0.900. The highest BCUT2D eigenvalue weighted by molar-refractivity contribution is 5.65. The van der Waals surface area contributed by atoms with Gasteiger partial charge in [-0.25, -0.2) is 0 Å². The zero-order chi connectivity index (χ0) is 11.9. The monoisotopic (exact) mass is 232 g/mol. The van der Waals surface area contributed by atoms with Crippen LogP contribution in [-0.2, 0) is 23.7 Å². The van der Waals surface area contributed by atoms with Gasteiger partial charge in [-0.05, 0) is 13.8 Å². The lowest BCUT2D eigenvalue weighted by Crippen LogP contribution is -2.36. The van der Waals surface area contributed by atoms with Crippen LogP contribution in [0, 0.1) is 0 Å². The van der Waals surface area contributed by atoms with Gasteiger partial charge >= 0.3 is 5.97 Å². The molecule has 0 aromatic heterocycles. The van der Waals surface area contributed by atoms with Crippen LogP contribution in [-0.4, -0.2) is 48.1 Å². The van der Waals surface area contributed by atoms with Gasteiger partial charge in [0.2, 0.25) is 0 Å². The third-order valence-corrected chi connectivity index (χ3v) is 2.57. The first-order chi connectivity index (χ1) is 7.39. The molecule has 2 saturated heterocycles. The average molecular weight is 232 g/mol. The average Bonchev–Trinajstić information content (AvgIpc) is 2.58. The second kappa shape index (κ2) is 3.96. The van der Waals surface area contributed by atoms with Gasteiger partial charge in [0, 0.05) is 6.92 Å². The zero-order valence-electron chi connectivity index (χ0n) is 9.50. The molecular formula is C10H16O6. The van der Waals surface area contributed by atoms with Gasteiger partial charge in [0.05, 0.1) is 0 Å². The Kier molecular flexibility index (Phi) is 2.91. The summed E-state index contributed by atoms with van der Waals surface area (Å²) in [5.74, 6) is -1.15. The van der Waals surface area contributed by atoms with E-state index in [2.05, 4.69) is 0 Å². The van der Waals surface area contributed by atoms with Crippen LogP contribution in [0.2, 0.25) is 0 Å². The van der Waals surface area contributed by atoms with E-state index < -0.39 is 36.4 Å². The molecule has 16 heavy (non-hydrogen) atoms. The van der Waals surface area contributed by atoms with E-state index in [1.165, 1.54) is 6.92 Å². The Balaban J connectivity index is 1.92. The molecule has 92 valence electrons. The highest BCUT2D eigenvalue weighted by atomic mass is 16.8. The van der Waals surface area contributed by atoms with Crippen LogP contribution in [0.4, 0.5) is 0 Å². The van der Waals surface area contributed by atoms with Crippen molar-refractivity contribution < 1.29 is 28.8 Å². The molecule has 0 radical (unpaired) electrons. The maximum Gasteiger partial charge on any atom is 0.302 e. The van der Waals surface area contributed by atoms with Crippen LogP contribution < -0.4 is 0 Å². The topological polar surface area (TPSA) is 74.2 Å². The number of rotatable bonds is 2. The van der Waals surface area contributed by atoms with Crippen molar-refractivity contribution in [3.63, 3.8) is 0 Å². The molecule has 4 atom stereocenters. The van der Waals surface area contributed by atoms with Crippen molar-refractivity contribution >= 4 is 5.97 Å². The summed E-state index contributed by atoms with van der Waals surface area (Å²) >= 11 is 0. The quantitative estimate of drug-likeness (QED) is 0.664. The van der Waals surface area contributed by atoms with E-state index in [1.807, 2.05) is 0 Å². The summed E-state index contributed by atoms with van der Waals surface area (Å²) in [5, 5.41) is 9.88. The Hall–Kier alpha value is -0.690. The first-order valence-electron chi connectivity index (χ1n) is 5.21. The van der Waals surface area contributed by atoms with Crippen molar-refractivity contribution in [1.29, 1.82) is 0 Å². The summed E-state index contributed by atoms with van der Waals surface area (Å²) in [5.41, 5.74) is 0. The number of fused-ring (bicyclic) bond motifs is 1. The number of ether oxygens (including phenoxy) is 4. The maximum atomic E-state index is 10.6. The molecule has 3 unspecified atom stereocenters. The lowest BCUT2D eigenvalue weighted by atomic mass is 10.1. The summed E-state index contributed by atoms with van der Waals surface area (Å²) in [6.07, 6.45) is -2.54. The fourth-order valence-corrected chi connectivity index (χ4v) is 1.90. The van der Waals surface area contributed by atoms with Crippen molar-refractivity contribution in [1.82, 2.24) is 0 Å². The van der Waals surface area contributed by atoms with Crippen LogP contribution in [0.1, 0.15) is 20.8 Å². The number of aliphatic hydroxyl groups excluding tert-OH is 1. The molecule has 0 saturated carbocycles. The second-order valence-corrected chi connectivity index (χ2v) is 4.44. The predicted octanol–water partition coefficient (Wildman–Crippen LogP) is -0.213. The third-order valence-electron chi connectivity index (χ3n) is 2.57. The van der Waals surface area contributed by atoms with E-state index in [0.717, 1.165) is 0 Å². The smallest absolute Gasteiger partial charge is 0.302 e. The van der Waals surface area contributed by atoms with Crippen molar-refractivity contribution in [2.45, 2.75) is 51.2 Å². The predicted molar refractivity (Wildman–Crippen MR) is 51.3 cm³/mol. The van der Waals surface area contributed by atoms with Crippen LogP contribution in [0.5, 0.6) is 0 Å². The second-order valence-electron chi connectivity index (χ2n) is 4.44. The van der Waals surface area contributed by atoms with Crippen molar-refractivity contribution in [3.05, 3.63) is 0 Å². The molecule has 2 rings (SSSR count). The molecular weight excluding hydrogens is 216 g/mol. The van der Waals surface area contributed by atoms with Crippen molar-refractivity contribution in [2.24, 2.45) is 0 Å². The first-order valence-corrected chi connectivity index (χ1v) is 5.21. The van der Waals surface area contributed by atoms with E-state index in [4.69, 9.17) is 18.9 Å². The highest BCUT2D eigenvalue weighted by Crippen LogP contribution is 2.37. The van der Waals surface area contributed by atoms with Gasteiger partial charge in [-0.15, -0.1) is 0 Å². The van der Waals surface area contributed by atoms with Crippen LogP contribution in [0.15, 0.2) is 0 Å². The Morgan fingerprint density at radius 2 is 2.12 bits per heavy atom. The van der Waals surface area contributed by atoms with E-state index in [9.17, 15) is 9.90 Å². The molecule has 2 fully saturated rings. The third kappa shape index (κ3) is 2.20. The van der Waals surface area contributed by atoms with Crippen molar-refractivity contribution in [3.8, 4) is 0 Å². The summed E-state index contributed by atoms with van der Waals surface area (Å²) in [6.45, 7) is 4.82. The Morgan fingerprint density at radius 3 is 2.69 bits per heavy atom. The van der Waals surface area contributed by atoms with E-state index in [0.29, 0.717) is 0 Å². The minimum atomic E-state index is -0.842. The maximum absolute atomic E-state index is 10.6. The molecule has 2 heterocycles. The molecule has 2 aliphatic heterocycles. The SMILES string of the molecule is CC(=O)OC[C@H]1OC2OC(C)(C)OC2C1O. The Labute approximate surface area is 93.4 Å². The fourth-order valence-electron chi connectivity index (χ4n) is 1.90. The molecule has 0 aromatic rings. The van der Waals surface area contributed by atoms with Gasteiger partial charge in [0.15, 0.2) is 12.1 Å². The van der Waals surface area contributed by atoms with Crippen molar-refractivity contribution in [2.75, 3.05) is 6.61 Å². The molecule has 6 nitrogen and oxygen atoms in total. The van der Waals surface area contributed by atoms with E-state index in [-0.39, 0.29) is 6.61 Å². The number of aliphatic hydroxyl groups is 1. The van der Waals surface area contributed by atoms with Gasteiger partial charge in [-0.2, -0.15) is 0 Å². The summed E-state index contributed by atoms with van der Waals surface area (Å²) in [6, 6.07) is 0. The standard InChI is InChI=1S/C10H16O6/c1-5(11)13-4-6-7(12)8-9(14-6)16-10(2,3)15-8/h6-9,12H,4H2,1-3H3/t6-,7?,8?,9?/m1/s1. The van der Waals surface area contributed by atoms with Crippen LogP contribution in [0.3, 0.4) is 0 Å². The van der Waals surface area contributed by atoms with Crippen LogP contribution >= 0.6 is 0 Å². The Bertz CT molecular complexity index is 289. The molecule has 2 aliphatic rings. The molecule has 1 N–H and O–H groups in total. The number of carbonyl (C=O) groups is 1. The molecule has 0 amide bonds. The lowest BCUT2D eigenvalue weighted by molar-refractivity contribution is -0.220. The molecule has 0 bridgehead atoms. The molecule has 0 aliphatic carbocycles. The molecule has 0 spiro atoms. The first kappa shape index (κ1) is 11.8. The van der Waals surface area contributed by atoms with E-state index in [1.54, 1.807) is 13.8 Å². The lowest BCUT2D eigenvalue weighted by Gasteiger charge is -2.22. The normalized spacial score (nSPS) is 40.8. The van der Waals surface area contributed by atoms with Gasteiger partial charge in [-0.1, -0.05) is 0 Å². The largest absolute Gasteiger partial charge is 0.463 e. The highest BCUT2D eigenvalue weighted by Gasteiger charge is 2.54. The van der Waals surface area contributed by atoms with Crippen LogP contribution in [0.25, 0.3) is 0 Å². The number of esters is 1. The minimum absolute atomic E-state index is 0.0106. The van der Waals surface area contributed by atoms with Gasteiger partial charge in [0.1, 0.15) is 24.9 Å². The summed E-state index contributed by atoms with van der Waals surface area (Å²) in [7, 11) is 0. The molecule has 6 heteroatoms. The van der Waals surface area contributed by atoms with Gasteiger partial charge < -0.3 is 24.1 Å². The summed E-state index contributed by atoms with van der Waals surface area (Å²) < 4.78 is 21.1. The van der Waals surface area contributed by atoms with E-state index >= 15 is 0 Å². The number of hydrogen-bond acceptors (Lipinski definition) is 6. The number of carbonyl (C=O) groups excluding carboxylic acids is 1. The minimum Gasteiger partial charge on any atom is -0.463 e. The Morgan fingerprint density at radius 1 is 1.44 bits per heavy atom. The summed E-state index contributed by atoms with van der Waals surface area (Å²) in [4.78, 5) is 10.6.